The summed E-state index contributed by atoms with van der Waals surface area (Å²) in [5, 5.41) is 3.13. The molecule has 1 N–H and O–H groups in total. The third-order valence-electron chi connectivity index (χ3n) is 3.18. The summed E-state index contributed by atoms with van der Waals surface area (Å²) in [4.78, 5) is 28.1. The number of hydrogen-bond donors (Lipinski definition) is 1. The number of aryl methyl sites for hydroxylation is 1. The second-order valence-electron chi connectivity index (χ2n) is 4.76. The van der Waals surface area contributed by atoms with Crippen LogP contribution in [0.25, 0.3) is 0 Å². The second kappa shape index (κ2) is 7.09. The van der Waals surface area contributed by atoms with Crippen molar-refractivity contribution < 1.29 is 14.3 Å². The fourth-order valence-corrected chi connectivity index (χ4v) is 2.32. The van der Waals surface area contributed by atoms with Crippen molar-refractivity contribution in [2.24, 2.45) is 7.05 Å². The number of amides is 1. The van der Waals surface area contributed by atoms with Gasteiger partial charge >= 0.3 is 5.97 Å². The quantitative estimate of drug-likeness (QED) is 0.849. The van der Waals surface area contributed by atoms with Gasteiger partial charge in [-0.3, -0.25) is 9.78 Å². The van der Waals surface area contributed by atoms with Crippen LogP contribution in [0.1, 0.15) is 16.1 Å². The van der Waals surface area contributed by atoms with Crippen molar-refractivity contribution >= 4 is 23.5 Å². The van der Waals surface area contributed by atoms with E-state index in [1.54, 1.807) is 42.3 Å². The average Bonchev–Trinajstić information content (AvgIpc) is 2.85. The molecule has 2 aromatic rings. The van der Waals surface area contributed by atoms with Crippen LogP contribution in [0, 0.1) is 0 Å². The number of carbonyl (C=O) groups excluding carboxylic acids is 2. The lowest BCUT2D eigenvalue weighted by Gasteiger charge is -2.16. The monoisotopic (exact) mass is 321 g/mol. The lowest BCUT2D eigenvalue weighted by molar-refractivity contribution is -0.142. The van der Waals surface area contributed by atoms with Crippen molar-refractivity contribution in [3.8, 4) is 0 Å². The van der Waals surface area contributed by atoms with Crippen molar-refractivity contribution in [3.63, 3.8) is 0 Å². The normalized spacial score (nSPS) is 11.8. The summed E-state index contributed by atoms with van der Waals surface area (Å²) in [6, 6.07) is 4.31. The van der Waals surface area contributed by atoms with Gasteiger partial charge < -0.3 is 14.6 Å². The lowest BCUT2D eigenvalue weighted by atomic mass is 10.1. The van der Waals surface area contributed by atoms with Crippen LogP contribution in [0.3, 0.4) is 0 Å². The fraction of sp³-hybridized carbons (Fsp3) is 0.267. The van der Waals surface area contributed by atoms with Gasteiger partial charge in [-0.1, -0.05) is 11.6 Å². The van der Waals surface area contributed by atoms with Gasteiger partial charge in [-0.25, -0.2) is 4.79 Å². The predicted molar refractivity (Wildman–Crippen MR) is 81.6 cm³/mol. The van der Waals surface area contributed by atoms with E-state index < -0.39 is 12.0 Å². The zero-order valence-corrected chi connectivity index (χ0v) is 13.0. The Morgan fingerprint density at radius 3 is 2.64 bits per heavy atom. The molecule has 0 saturated carbocycles. The largest absolute Gasteiger partial charge is 0.467 e. The van der Waals surface area contributed by atoms with E-state index in [9.17, 15) is 9.59 Å². The van der Waals surface area contributed by atoms with E-state index in [2.05, 4.69) is 10.3 Å². The highest BCUT2D eigenvalue weighted by Crippen LogP contribution is 2.13. The summed E-state index contributed by atoms with van der Waals surface area (Å²) in [7, 11) is 2.99. The van der Waals surface area contributed by atoms with Gasteiger partial charge in [0.05, 0.1) is 12.1 Å². The lowest BCUT2D eigenvalue weighted by Crippen LogP contribution is -2.43. The van der Waals surface area contributed by atoms with Gasteiger partial charge in [0.2, 0.25) is 0 Å². The SMILES string of the molecule is COC(=O)[C@H](Cc1ccncc1)NC(=O)c1cc(Cl)cn1C. The Morgan fingerprint density at radius 2 is 2.09 bits per heavy atom. The minimum Gasteiger partial charge on any atom is -0.467 e. The summed E-state index contributed by atoms with van der Waals surface area (Å²) < 4.78 is 6.35. The molecule has 2 heterocycles. The molecular weight excluding hydrogens is 306 g/mol. The summed E-state index contributed by atoms with van der Waals surface area (Å²) in [6.45, 7) is 0. The van der Waals surface area contributed by atoms with Gasteiger partial charge in [0, 0.05) is 32.1 Å². The molecule has 0 aliphatic heterocycles. The van der Waals surface area contributed by atoms with Crippen LogP contribution in [-0.4, -0.2) is 34.6 Å². The van der Waals surface area contributed by atoms with Crippen LogP contribution in [0.2, 0.25) is 5.02 Å². The summed E-state index contributed by atoms with van der Waals surface area (Å²) in [5.41, 5.74) is 1.24. The van der Waals surface area contributed by atoms with Gasteiger partial charge in [0.1, 0.15) is 11.7 Å². The number of nitrogens with one attached hydrogen (secondary N) is 1. The van der Waals surface area contributed by atoms with Crippen LogP contribution in [0.5, 0.6) is 0 Å². The highest BCUT2D eigenvalue weighted by Gasteiger charge is 2.23. The minimum atomic E-state index is -0.784. The molecule has 0 aromatic carbocycles. The zero-order valence-electron chi connectivity index (χ0n) is 12.2. The van der Waals surface area contributed by atoms with Crippen LogP contribution in [0.4, 0.5) is 0 Å². The number of halogens is 1. The zero-order chi connectivity index (χ0) is 16.1. The molecule has 0 unspecified atom stereocenters. The maximum Gasteiger partial charge on any atom is 0.328 e. The molecule has 0 saturated heterocycles. The summed E-state index contributed by atoms with van der Waals surface area (Å²) in [6.07, 6.45) is 5.19. The molecule has 0 bridgehead atoms. The van der Waals surface area contributed by atoms with Crippen molar-refractivity contribution in [1.29, 1.82) is 0 Å². The van der Waals surface area contributed by atoms with E-state index in [1.807, 2.05) is 0 Å². The standard InChI is InChI=1S/C15H16ClN3O3/c1-19-9-11(16)8-13(19)14(20)18-12(15(21)22-2)7-10-3-5-17-6-4-10/h3-6,8-9,12H,7H2,1-2H3,(H,18,20)/t12-/m0/s1. The first-order valence-corrected chi connectivity index (χ1v) is 6.98. The molecule has 116 valence electrons. The number of carbonyl (C=O) groups is 2. The molecule has 1 atom stereocenters. The van der Waals surface area contributed by atoms with E-state index >= 15 is 0 Å². The molecule has 2 rings (SSSR count). The number of hydrogen-bond acceptors (Lipinski definition) is 4. The summed E-state index contributed by atoms with van der Waals surface area (Å²) >= 11 is 5.87. The summed E-state index contributed by atoms with van der Waals surface area (Å²) in [5.74, 6) is -0.899. The van der Waals surface area contributed by atoms with Crippen molar-refractivity contribution in [2.45, 2.75) is 12.5 Å². The van der Waals surface area contributed by atoms with E-state index in [1.165, 1.54) is 13.2 Å². The topological polar surface area (TPSA) is 73.2 Å². The van der Waals surface area contributed by atoms with E-state index in [4.69, 9.17) is 16.3 Å². The van der Waals surface area contributed by atoms with E-state index in [0.29, 0.717) is 17.1 Å². The van der Waals surface area contributed by atoms with Gasteiger partial charge in [-0.15, -0.1) is 0 Å². The molecule has 1 amide bonds. The second-order valence-corrected chi connectivity index (χ2v) is 5.20. The molecule has 7 heteroatoms. The van der Waals surface area contributed by atoms with E-state index in [0.717, 1.165) is 5.56 Å². The first-order chi connectivity index (χ1) is 10.5. The fourth-order valence-electron chi connectivity index (χ4n) is 2.07. The number of ether oxygens (including phenoxy) is 1. The average molecular weight is 322 g/mol. The first kappa shape index (κ1) is 16.0. The Morgan fingerprint density at radius 1 is 1.41 bits per heavy atom. The number of nitrogens with zero attached hydrogens (tertiary/aromatic N) is 2. The molecule has 0 radical (unpaired) electrons. The minimum absolute atomic E-state index is 0.319. The van der Waals surface area contributed by atoms with Crippen LogP contribution >= 0.6 is 11.6 Å². The smallest absolute Gasteiger partial charge is 0.328 e. The third kappa shape index (κ3) is 3.85. The highest BCUT2D eigenvalue weighted by molar-refractivity contribution is 6.31. The van der Waals surface area contributed by atoms with Gasteiger partial charge in [-0.05, 0) is 23.8 Å². The van der Waals surface area contributed by atoms with Gasteiger partial charge in [0.15, 0.2) is 0 Å². The maximum atomic E-state index is 12.3. The van der Waals surface area contributed by atoms with Gasteiger partial charge in [-0.2, -0.15) is 0 Å². The molecular formula is C15H16ClN3O3. The Balaban J connectivity index is 2.14. The molecule has 22 heavy (non-hydrogen) atoms. The molecule has 0 aliphatic rings. The van der Waals surface area contributed by atoms with Crippen molar-refractivity contribution in [2.75, 3.05) is 7.11 Å². The van der Waals surface area contributed by atoms with Crippen LogP contribution in [0.15, 0.2) is 36.8 Å². The first-order valence-electron chi connectivity index (χ1n) is 6.60. The Kier molecular flexibility index (Phi) is 5.16. The van der Waals surface area contributed by atoms with Gasteiger partial charge in [0.25, 0.3) is 5.91 Å². The Hall–Kier alpha value is -2.34. The number of pyridine rings is 1. The van der Waals surface area contributed by atoms with Crippen LogP contribution in [-0.2, 0) is 23.0 Å². The maximum absolute atomic E-state index is 12.3. The number of esters is 1. The molecule has 0 fully saturated rings. The third-order valence-corrected chi connectivity index (χ3v) is 3.39. The van der Waals surface area contributed by atoms with E-state index in [-0.39, 0.29) is 5.91 Å². The Bertz CT molecular complexity index is 670. The predicted octanol–water partition coefficient (Wildman–Crippen LogP) is 1.59. The van der Waals surface area contributed by atoms with Crippen molar-refractivity contribution in [1.82, 2.24) is 14.9 Å². The Labute approximate surface area is 133 Å². The van der Waals surface area contributed by atoms with Crippen LogP contribution < -0.4 is 5.32 Å². The molecule has 0 aliphatic carbocycles. The molecule has 6 nitrogen and oxygen atoms in total. The number of methoxy groups -OCH3 is 1. The molecule has 2 aromatic heterocycles. The van der Waals surface area contributed by atoms with Crippen molar-refractivity contribution in [3.05, 3.63) is 53.1 Å². The highest BCUT2D eigenvalue weighted by atomic mass is 35.5. The molecule has 0 spiro atoms. The number of aromatic nitrogens is 2. The number of rotatable bonds is 5.